The second-order valence-corrected chi connectivity index (χ2v) is 6.64. The van der Waals surface area contributed by atoms with Gasteiger partial charge in [-0.15, -0.1) is 0 Å². The summed E-state index contributed by atoms with van der Waals surface area (Å²) in [5, 5.41) is 3.45. The summed E-state index contributed by atoms with van der Waals surface area (Å²) >= 11 is 1.94. The van der Waals surface area contributed by atoms with Crippen LogP contribution < -0.4 is 5.32 Å². The third-order valence-electron chi connectivity index (χ3n) is 4.06. The van der Waals surface area contributed by atoms with Crippen LogP contribution in [0.3, 0.4) is 0 Å². The van der Waals surface area contributed by atoms with Crippen LogP contribution in [0.2, 0.25) is 0 Å². The van der Waals surface area contributed by atoms with Crippen LogP contribution in [0.15, 0.2) is 24.3 Å². The van der Waals surface area contributed by atoms with E-state index in [2.05, 4.69) is 68.7 Å². The molecule has 0 saturated heterocycles. The minimum atomic E-state index is 0.449. The Balaban J connectivity index is 2.49. The van der Waals surface area contributed by atoms with Gasteiger partial charge in [-0.25, -0.2) is 0 Å². The molecule has 0 aliphatic carbocycles. The van der Waals surface area contributed by atoms with Gasteiger partial charge >= 0.3 is 0 Å². The van der Waals surface area contributed by atoms with Gasteiger partial charge in [-0.2, -0.15) is 11.8 Å². The molecule has 0 spiro atoms. The molecule has 0 heterocycles. The maximum atomic E-state index is 3.45. The highest BCUT2D eigenvalue weighted by Gasteiger charge is 2.13. The van der Waals surface area contributed by atoms with Gasteiger partial charge in [-0.3, -0.25) is 0 Å². The summed E-state index contributed by atoms with van der Waals surface area (Å²) in [4.78, 5) is 2.48. The van der Waals surface area contributed by atoms with E-state index >= 15 is 0 Å². The summed E-state index contributed by atoms with van der Waals surface area (Å²) in [5.74, 6) is 1.25. The zero-order chi connectivity index (χ0) is 15.0. The van der Waals surface area contributed by atoms with Crippen LogP contribution in [0.4, 0.5) is 0 Å². The normalized spacial score (nSPS) is 14.5. The van der Waals surface area contributed by atoms with Crippen LogP contribution in [0.5, 0.6) is 0 Å². The predicted octanol–water partition coefficient (Wildman–Crippen LogP) is 3.72. The molecule has 114 valence electrons. The van der Waals surface area contributed by atoms with Crippen molar-refractivity contribution in [2.75, 3.05) is 32.6 Å². The fraction of sp³-hybridized carbons (Fsp3) is 0.647. The Hall–Kier alpha value is -0.510. The predicted molar refractivity (Wildman–Crippen MR) is 92.7 cm³/mol. The highest BCUT2D eigenvalue weighted by molar-refractivity contribution is 7.98. The molecule has 0 aliphatic heterocycles. The van der Waals surface area contributed by atoms with Crippen molar-refractivity contribution >= 4 is 11.8 Å². The first-order chi connectivity index (χ1) is 9.58. The molecule has 1 aromatic rings. The van der Waals surface area contributed by atoms with Gasteiger partial charge in [0, 0.05) is 12.1 Å². The Morgan fingerprint density at radius 1 is 1.30 bits per heavy atom. The van der Waals surface area contributed by atoms with Crippen molar-refractivity contribution in [3.63, 3.8) is 0 Å². The van der Waals surface area contributed by atoms with E-state index in [0.717, 1.165) is 13.0 Å². The van der Waals surface area contributed by atoms with Crippen molar-refractivity contribution in [1.29, 1.82) is 0 Å². The monoisotopic (exact) mass is 294 g/mol. The highest BCUT2D eigenvalue weighted by atomic mass is 32.2. The van der Waals surface area contributed by atoms with Crippen LogP contribution in [-0.4, -0.2) is 43.6 Å². The van der Waals surface area contributed by atoms with Crippen molar-refractivity contribution in [2.24, 2.45) is 0 Å². The summed E-state index contributed by atoms with van der Waals surface area (Å²) in [6.07, 6.45) is 4.61. The molecule has 0 aliphatic rings. The van der Waals surface area contributed by atoms with E-state index in [1.807, 2.05) is 11.8 Å². The minimum Gasteiger partial charge on any atom is -0.313 e. The number of aryl methyl sites for hydroxylation is 1. The van der Waals surface area contributed by atoms with E-state index in [1.54, 1.807) is 0 Å². The van der Waals surface area contributed by atoms with Gasteiger partial charge in [0.1, 0.15) is 0 Å². The molecule has 1 N–H and O–H groups in total. The first kappa shape index (κ1) is 17.5. The Bertz CT molecular complexity index is 381. The molecule has 0 radical (unpaired) electrons. The summed E-state index contributed by atoms with van der Waals surface area (Å²) in [7, 11) is 4.30. The van der Waals surface area contributed by atoms with Gasteiger partial charge < -0.3 is 10.2 Å². The number of thioether (sulfide) groups is 1. The zero-order valence-corrected chi connectivity index (χ0v) is 14.5. The second-order valence-electron chi connectivity index (χ2n) is 5.66. The molecule has 2 unspecified atom stereocenters. The largest absolute Gasteiger partial charge is 0.313 e. The van der Waals surface area contributed by atoms with Crippen molar-refractivity contribution in [1.82, 2.24) is 10.2 Å². The van der Waals surface area contributed by atoms with Crippen molar-refractivity contribution < 1.29 is 0 Å². The van der Waals surface area contributed by atoms with Gasteiger partial charge in [-0.05, 0) is 64.9 Å². The maximum absolute atomic E-state index is 3.45. The molecule has 2 atom stereocenters. The number of nitrogens with one attached hydrogen (secondary N) is 1. The van der Waals surface area contributed by atoms with Gasteiger partial charge in [-0.1, -0.05) is 29.8 Å². The van der Waals surface area contributed by atoms with Crippen molar-refractivity contribution in [2.45, 2.75) is 38.8 Å². The number of benzene rings is 1. The fourth-order valence-corrected chi connectivity index (χ4v) is 3.00. The molecule has 20 heavy (non-hydrogen) atoms. The SMILES string of the molecule is CNC(CCN(C)C(C)CCSC)c1cccc(C)c1. The van der Waals surface area contributed by atoms with E-state index in [4.69, 9.17) is 0 Å². The van der Waals surface area contributed by atoms with Gasteiger partial charge in [0.25, 0.3) is 0 Å². The van der Waals surface area contributed by atoms with Gasteiger partial charge in [0.05, 0.1) is 0 Å². The van der Waals surface area contributed by atoms with Crippen LogP contribution in [0.25, 0.3) is 0 Å². The molecular formula is C17H30N2S. The number of hydrogen-bond donors (Lipinski definition) is 1. The Labute approximate surface area is 129 Å². The third kappa shape index (κ3) is 5.86. The number of rotatable bonds is 9. The van der Waals surface area contributed by atoms with E-state index < -0.39 is 0 Å². The quantitative estimate of drug-likeness (QED) is 0.747. The number of hydrogen-bond acceptors (Lipinski definition) is 3. The average molecular weight is 295 g/mol. The summed E-state index contributed by atoms with van der Waals surface area (Å²) < 4.78 is 0. The van der Waals surface area contributed by atoms with E-state index in [-0.39, 0.29) is 0 Å². The summed E-state index contributed by atoms with van der Waals surface area (Å²) in [6, 6.07) is 9.94. The first-order valence-corrected chi connectivity index (χ1v) is 8.90. The third-order valence-corrected chi connectivity index (χ3v) is 4.70. The molecule has 0 aromatic heterocycles. The molecular weight excluding hydrogens is 264 g/mol. The second kappa shape index (κ2) is 9.43. The van der Waals surface area contributed by atoms with E-state index in [0.29, 0.717) is 12.1 Å². The molecule has 1 aromatic carbocycles. The van der Waals surface area contributed by atoms with Crippen molar-refractivity contribution in [3.8, 4) is 0 Å². The maximum Gasteiger partial charge on any atom is 0.0329 e. The van der Waals surface area contributed by atoms with Gasteiger partial charge in [0.2, 0.25) is 0 Å². The van der Waals surface area contributed by atoms with Crippen molar-refractivity contribution in [3.05, 3.63) is 35.4 Å². The minimum absolute atomic E-state index is 0.449. The average Bonchev–Trinajstić information content (AvgIpc) is 2.45. The topological polar surface area (TPSA) is 15.3 Å². The molecule has 0 saturated carbocycles. The Kier molecular flexibility index (Phi) is 8.27. The smallest absolute Gasteiger partial charge is 0.0329 e. The van der Waals surface area contributed by atoms with E-state index in [1.165, 1.54) is 23.3 Å². The molecule has 0 bridgehead atoms. The van der Waals surface area contributed by atoms with Crippen LogP contribution in [-0.2, 0) is 0 Å². The number of nitrogens with zero attached hydrogens (tertiary/aromatic N) is 1. The molecule has 0 amide bonds. The fourth-order valence-electron chi connectivity index (χ4n) is 2.43. The molecule has 3 heteroatoms. The molecule has 2 nitrogen and oxygen atoms in total. The van der Waals surface area contributed by atoms with Crippen LogP contribution in [0.1, 0.15) is 36.9 Å². The van der Waals surface area contributed by atoms with Crippen LogP contribution >= 0.6 is 11.8 Å². The van der Waals surface area contributed by atoms with Crippen LogP contribution in [0, 0.1) is 6.92 Å². The lowest BCUT2D eigenvalue weighted by molar-refractivity contribution is 0.240. The Morgan fingerprint density at radius 3 is 2.65 bits per heavy atom. The van der Waals surface area contributed by atoms with Gasteiger partial charge in [0.15, 0.2) is 0 Å². The lowest BCUT2D eigenvalue weighted by Crippen LogP contribution is -2.32. The first-order valence-electron chi connectivity index (χ1n) is 7.51. The molecule has 0 fully saturated rings. The molecule has 1 rings (SSSR count). The Morgan fingerprint density at radius 2 is 2.05 bits per heavy atom. The summed E-state index contributed by atoms with van der Waals surface area (Å²) in [5.41, 5.74) is 2.74. The lowest BCUT2D eigenvalue weighted by Gasteiger charge is -2.27. The standard InChI is InChI=1S/C17H30N2S/c1-14-7-6-8-16(13-14)17(18-3)9-11-19(4)15(2)10-12-20-5/h6-8,13,15,17-18H,9-12H2,1-5H3. The van der Waals surface area contributed by atoms with E-state index in [9.17, 15) is 0 Å². The highest BCUT2D eigenvalue weighted by Crippen LogP contribution is 2.18. The summed E-state index contributed by atoms with van der Waals surface area (Å²) in [6.45, 7) is 5.62. The zero-order valence-electron chi connectivity index (χ0n) is 13.6. The lowest BCUT2D eigenvalue weighted by atomic mass is 10.0.